The monoisotopic (exact) mass is 954 g/mol. The highest BCUT2D eigenvalue weighted by Gasteiger charge is 2.39. The minimum Gasteiger partial charge on any atom is -0.494 e. The van der Waals surface area contributed by atoms with Crippen molar-refractivity contribution in [1.29, 1.82) is 0 Å². The number of aromatic amines is 1. The maximum absolute atomic E-state index is 13.1. The molecular weight excluding hydrogens is 898 g/mol. The standard InChI is InChI=1S/C49H56N5O13P/c1-4-20-64-42-27-45(67-43(42)29-65-68(60,61)62)54-28-32(47(56)51-49(54)59)11-7-17-50-44(55)14-10-21-63-33-15-16-34(35(24-33)48(57)58)46-36-22-30-12-8-18-52(5-2)38(30)25-40(36)66-41-26-39-31(23-37(41)46)13-9-19-53(39)6-3/h4,7,11,15-16,22-26,28,42-43,45H,1,5-6,8-10,12-14,17-21,27,29H2,2-3H3,(H4-,50,51,55,56,57,58,59,60,61,62)/p+1/b11-7+/t42-,43-,45-/m1/s1. The van der Waals surface area contributed by atoms with Gasteiger partial charge in [-0.05, 0) is 81.0 Å². The van der Waals surface area contributed by atoms with Crippen molar-refractivity contribution in [2.45, 2.75) is 77.2 Å². The number of aromatic nitrogens is 2. The van der Waals surface area contributed by atoms with Crippen molar-refractivity contribution in [1.82, 2.24) is 19.4 Å². The minimum absolute atomic E-state index is 0.0658. The summed E-state index contributed by atoms with van der Waals surface area (Å²) < 4.78 is 43.7. The number of carbonyl (C=O) groups is 2. The molecule has 3 atom stereocenters. The fourth-order valence-corrected chi connectivity index (χ4v) is 9.76. The van der Waals surface area contributed by atoms with Gasteiger partial charge in [0.1, 0.15) is 42.7 Å². The summed E-state index contributed by atoms with van der Waals surface area (Å²) in [6.45, 7) is 11.4. The number of benzene rings is 3. The summed E-state index contributed by atoms with van der Waals surface area (Å²) >= 11 is 0. The van der Waals surface area contributed by atoms with Crippen molar-refractivity contribution >= 4 is 37.0 Å². The number of nitrogens with zero attached hydrogens (tertiary/aromatic N) is 3. The molecule has 4 aliphatic rings. The molecule has 5 heterocycles. The van der Waals surface area contributed by atoms with Crippen LogP contribution in [0.3, 0.4) is 0 Å². The number of carbonyl (C=O) groups excluding carboxylic acids is 1. The van der Waals surface area contributed by atoms with E-state index in [2.05, 4.69) is 69.0 Å². The molecule has 3 aromatic carbocycles. The molecule has 18 nitrogen and oxygen atoms in total. The summed E-state index contributed by atoms with van der Waals surface area (Å²) in [5.41, 5.74) is 4.53. The maximum atomic E-state index is 13.1. The van der Waals surface area contributed by atoms with Crippen LogP contribution >= 0.6 is 7.82 Å². The average molecular weight is 955 g/mol. The van der Waals surface area contributed by atoms with E-state index in [9.17, 15) is 28.8 Å². The molecule has 0 bridgehead atoms. The van der Waals surface area contributed by atoms with Crippen LogP contribution < -0.4 is 46.1 Å². The molecule has 0 unspecified atom stereocenters. The van der Waals surface area contributed by atoms with Gasteiger partial charge in [-0.15, -0.1) is 6.58 Å². The van der Waals surface area contributed by atoms with Gasteiger partial charge in [-0.1, -0.05) is 18.2 Å². The third-order valence-electron chi connectivity index (χ3n) is 12.7. The highest BCUT2D eigenvalue weighted by Crippen LogP contribution is 2.43. The number of rotatable bonds is 19. The zero-order valence-corrected chi connectivity index (χ0v) is 39.0. The first-order chi connectivity index (χ1) is 32.7. The number of nitrogens with one attached hydrogen (secondary N) is 2. The van der Waals surface area contributed by atoms with Gasteiger partial charge in [0.05, 0.1) is 43.1 Å². The molecule has 0 radical (unpaired) electrons. The van der Waals surface area contributed by atoms with Gasteiger partial charge in [0.15, 0.2) is 0 Å². The van der Waals surface area contributed by atoms with Crippen LogP contribution in [0.5, 0.6) is 17.2 Å². The molecule has 0 aliphatic carbocycles. The van der Waals surface area contributed by atoms with Crippen molar-refractivity contribution in [2.24, 2.45) is 0 Å². The quantitative estimate of drug-likeness (QED) is 0.0344. The van der Waals surface area contributed by atoms with E-state index in [1.165, 1.54) is 35.5 Å². The lowest BCUT2D eigenvalue weighted by Crippen LogP contribution is -2.39. The van der Waals surface area contributed by atoms with Crippen LogP contribution in [0.4, 0.5) is 5.69 Å². The van der Waals surface area contributed by atoms with Crippen molar-refractivity contribution in [3.63, 3.8) is 0 Å². The second-order valence-corrected chi connectivity index (χ2v) is 18.3. The van der Waals surface area contributed by atoms with E-state index < -0.39 is 50.1 Å². The van der Waals surface area contributed by atoms with E-state index in [0.29, 0.717) is 29.2 Å². The molecule has 68 heavy (non-hydrogen) atoms. The smallest absolute Gasteiger partial charge is 0.469 e. The number of ether oxygens (including phenoxy) is 4. The highest BCUT2D eigenvalue weighted by atomic mass is 31.2. The number of carboxylic acid groups (broad SMARTS) is 1. The molecule has 19 heteroatoms. The average Bonchev–Trinajstić information content (AvgIpc) is 3.73. The number of phosphoric ester groups is 1. The molecule has 1 aromatic heterocycles. The summed E-state index contributed by atoms with van der Waals surface area (Å²) in [6.07, 6.45) is 7.64. The van der Waals surface area contributed by atoms with Crippen molar-refractivity contribution < 1.29 is 52.5 Å². The highest BCUT2D eigenvalue weighted by molar-refractivity contribution is 7.46. The van der Waals surface area contributed by atoms with Crippen LogP contribution in [0.25, 0.3) is 11.6 Å². The lowest BCUT2D eigenvalue weighted by molar-refractivity contribution is -0.121. The Labute approximate surface area is 392 Å². The first-order valence-electron chi connectivity index (χ1n) is 23.0. The van der Waals surface area contributed by atoms with Crippen LogP contribution in [0.1, 0.15) is 90.4 Å². The van der Waals surface area contributed by atoms with Crippen LogP contribution in [-0.2, 0) is 36.2 Å². The van der Waals surface area contributed by atoms with Crippen LogP contribution in [-0.4, -0.2) is 101 Å². The SMILES string of the molecule is C=CCO[C@@H]1C[C@H](n2cc(/C=C/CNC(=O)CCCOc3ccc(C4=c5cc6c(cc5Oc5cc7c(cc54)CCCN7CC)=[N+](CC)CCC6)c(C(=O)O)c3)c(=O)[nH]c2=O)O[C@@H]1COP(=O)(O)O. The number of phosphoric acid groups is 1. The second kappa shape index (κ2) is 21.0. The summed E-state index contributed by atoms with van der Waals surface area (Å²) in [4.78, 5) is 74.2. The summed E-state index contributed by atoms with van der Waals surface area (Å²) in [5.74, 6) is 0.366. The number of aryl methyl sites for hydroxylation is 2. The Morgan fingerprint density at radius 3 is 2.65 bits per heavy atom. The number of H-pyrrole nitrogens is 1. The number of hydrogen-bond donors (Lipinski definition) is 5. The van der Waals surface area contributed by atoms with Crippen LogP contribution in [0, 0.1) is 0 Å². The second-order valence-electron chi connectivity index (χ2n) is 17.0. The largest absolute Gasteiger partial charge is 0.494 e. The summed E-state index contributed by atoms with van der Waals surface area (Å²) in [7, 11) is -4.81. The zero-order chi connectivity index (χ0) is 48.1. The van der Waals surface area contributed by atoms with Gasteiger partial charge in [0.25, 0.3) is 5.56 Å². The predicted molar refractivity (Wildman–Crippen MR) is 253 cm³/mol. The van der Waals surface area contributed by atoms with E-state index >= 15 is 0 Å². The van der Waals surface area contributed by atoms with Gasteiger partial charge >= 0.3 is 19.5 Å². The Balaban J connectivity index is 0.928. The molecule has 4 aliphatic heterocycles. The van der Waals surface area contributed by atoms with Crippen LogP contribution in [0.2, 0.25) is 0 Å². The number of fused-ring (bicyclic) bond motifs is 4. The fraction of sp³-hybridized carbons (Fsp3) is 0.408. The minimum atomic E-state index is -4.81. The van der Waals surface area contributed by atoms with Gasteiger partial charge in [0.2, 0.25) is 11.3 Å². The van der Waals surface area contributed by atoms with Gasteiger partial charge in [-0.25, -0.2) is 18.7 Å². The topological polar surface area (TPSA) is 231 Å². The molecule has 1 amide bonds. The Hall–Kier alpha value is -6.14. The number of anilines is 1. The Kier molecular flexibility index (Phi) is 14.9. The van der Waals surface area contributed by atoms with E-state index in [1.807, 2.05) is 0 Å². The molecule has 0 saturated carbocycles. The Bertz CT molecular complexity index is 2940. The third kappa shape index (κ3) is 10.8. The van der Waals surface area contributed by atoms with Gasteiger partial charge in [-0.3, -0.25) is 23.7 Å². The van der Waals surface area contributed by atoms with E-state index in [4.69, 9.17) is 28.7 Å². The number of hydrogen-bond acceptors (Lipinski definition) is 11. The molecule has 360 valence electrons. The first kappa shape index (κ1) is 48.3. The fourth-order valence-electron chi connectivity index (χ4n) is 9.42. The summed E-state index contributed by atoms with van der Waals surface area (Å²) in [5, 5.41) is 15.4. The number of aromatic carboxylic acids is 1. The molecular formula is C49H57N5O13P+. The Morgan fingerprint density at radius 1 is 1.06 bits per heavy atom. The van der Waals surface area contributed by atoms with Gasteiger partial charge in [-0.2, -0.15) is 0 Å². The normalized spacial score (nSPS) is 18.6. The lowest BCUT2D eigenvalue weighted by atomic mass is 9.86. The molecule has 5 N–H and O–H groups in total. The predicted octanol–water partition coefficient (Wildman–Crippen LogP) is 3.77. The zero-order valence-electron chi connectivity index (χ0n) is 38.1. The molecule has 8 rings (SSSR count). The third-order valence-corrected chi connectivity index (χ3v) is 13.1. The molecule has 1 fully saturated rings. The van der Waals surface area contributed by atoms with Crippen LogP contribution in [0.15, 0.2) is 77.0 Å². The Morgan fingerprint density at radius 2 is 1.88 bits per heavy atom. The number of carboxylic acids is 1. The van der Waals surface area contributed by atoms with Gasteiger partial charge in [0, 0.05) is 78.8 Å². The van der Waals surface area contributed by atoms with Crippen molar-refractivity contribution in [3.8, 4) is 17.2 Å². The summed E-state index contributed by atoms with van der Waals surface area (Å²) in [6, 6.07) is 13.7. The van der Waals surface area contributed by atoms with E-state index in [-0.39, 0.29) is 49.6 Å². The maximum Gasteiger partial charge on any atom is 0.469 e. The van der Waals surface area contributed by atoms with Crippen molar-refractivity contribution in [2.75, 3.05) is 57.4 Å². The molecule has 0 spiro atoms. The van der Waals surface area contributed by atoms with E-state index in [0.717, 1.165) is 83.8 Å². The van der Waals surface area contributed by atoms with Gasteiger partial charge < -0.3 is 44.1 Å². The lowest BCUT2D eigenvalue weighted by Gasteiger charge is -2.32. The first-order valence-corrected chi connectivity index (χ1v) is 24.5. The molecule has 4 aromatic rings. The van der Waals surface area contributed by atoms with E-state index in [1.54, 1.807) is 18.2 Å². The number of amides is 1. The molecule has 1 saturated heterocycles. The van der Waals surface area contributed by atoms with Crippen molar-refractivity contribution in [3.05, 3.63) is 132 Å².